The van der Waals surface area contributed by atoms with E-state index in [9.17, 15) is 0 Å². The Hall–Kier alpha value is -10.4. The van der Waals surface area contributed by atoms with Crippen LogP contribution in [0.25, 0.3) is 89.4 Å². The van der Waals surface area contributed by atoms with E-state index in [0.717, 1.165) is 67.8 Å². The molecule has 368 valence electrons. The van der Waals surface area contributed by atoms with Crippen LogP contribution < -0.4 is 9.80 Å². The molecule has 0 radical (unpaired) electrons. The first kappa shape index (κ1) is 46.1. The van der Waals surface area contributed by atoms with Gasteiger partial charge in [0.05, 0.1) is 33.4 Å². The Bertz CT molecular complexity index is 4060. The van der Waals surface area contributed by atoms with Gasteiger partial charge in [0, 0.05) is 66.8 Å². The molecular weight excluding hydrogens is 945 g/mol. The SMILES string of the molecule is C(=Cc1ccc(N(c2ccc(-n3c4ccccc4c4ccccc43)cc2)c2ccccc2-c2ccccc2)cc1)c1ccc(N(c2ccc(-n3c4ccccc4c4ccccc43)cc2)c2ccccc2-c2ccccc2)cc1. The highest BCUT2D eigenvalue weighted by Crippen LogP contribution is 2.44. The average Bonchev–Trinajstić information content (AvgIpc) is 4.22. The molecule has 4 heteroatoms. The van der Waals surface area contributed by atoms with Gasteiger partial charge >= 0.3 is 0 Å². The Labute approximate surface area is 454 Å². The number of benzene rings is 12. The second-order valence-electron chi connectivity index (χ2n) is 19.7. The van der Waals surface area contributed by atoms with E-state index in [4.69, 9.17) is 0 Å². The molecular formula is C74H52N4. The van der Waals surface area contributed by atoms with Gasteiger partial charge in [-0.05, 0) is 131 Å². The van der Waals surface area contributed by atoms with E-state index in [2.05, 4.69) is 334 Å². The van der Waals surface area contributed by atoms with Crippen LogP contribution in [0.5, 0.6) is 0 Å². The van der Waals surface area contributed by atoms with Crippen LogP contribution >= 0.6 is 0 Å². The first-order valence-corrected chi connectivity index (χ1v) is 26.7. The summed E-state index contributed by atoms with van der Waals surface area (Å²) in [5.41, 5.74) is 20.4. The van der Waals surface area contributed by atoms with Crippen LogP contribution in [0.15, 0.2) is 303 Å². The van der Waals surface area contributed by atoms with Gasteiger partial charge in [0.2, 0.25) is 0 Å². The van der Waals surface area contributed by atoms with Gasteiger partial charge in [0.15, 0.2) is 0 Å². The van der Waals surface area contributed by atoms with Crippen molar-refractivity contribution in [3.63, 3.8) is 0 Å². The minimum atomic E-state index is 1.07. The van der Waals surface area contributed by atoms with Crippen molar-refractivity contribution < 1.29 is 0 Å². The van der Waals surface area contributed by atoms with Crippen LogP contribution in [-0.2, 0) is 0 Å². The maximum atomic E-state index is 2.38. The van der Waals surface area contributed by atoms with Crippen LogP contribution in [-0.4, -0.2) is 9.13 Å². The summed E-state index contributed by atoms with van der Waals surface area (Å²) >= 11 is 0. The summed E-state index contributed by atoms with van der Waals surface area (Å²) in [5.74, 6) is 0. The lowest BCUT2D eigenvalue weighted by Gasteiger charge is -2.28. The van der Waals surface area contributed by atoms with Crippen molar-refractivity contribution in [2.75, 3.05) is 9.80 Å². The number of aromatic nitrogens is 2. The highest BCUT2D eigenvalue weighted by molar-refractivity contribution is 6.10. The molecule has 0 saturated heterocycles. The molecule has 4 nitrogen and oxygen atoms in total. The van der Waals surface area contributed by atoms with Gasteiger partial charge in [-0.25, -0.2) is 0 Å². The summed E-state index contributed by atoms with van der Waals surface area (Å²) < 4.78 is 4.75. The third-order valence-electron chi connectivity index (χ3n) is 15.1. The maximum absolute atomic E-state index is 2.38. The molecule has 0 spiro atoms. The lowest BCUT2D eigenvalue weighted by atomic mass is 10.0. The molecule has 14 rings (SSSR count). The maximum Gasteiger partial charge on any atom is 0.0541 e. The molecule has 0 aliphatic carbocycles. The van der Waals surface area contributed by atoms with Crippen molar-refractivity contribution in [2.24, 2.45) is 0 Å². The molecule has 12 aromatic carbocycles. The quantitative estimate of drug-likeness (QED) is 0.113. The zero-order valence-electron chi connectivity index (χ0n) is 42.8. The number of nitrogens with zero attached hydrogens (tertiary/aromatic N) is 4. The molecule has 2 aromatic heterocycles. The number of anilines is 6. The van der Waals surface area contributed by atoms with Gasteiger partial charge in [-0.2, -0.15) is 0 Å². The van der Waals surface area contributed by atoms with Crippen molar-refractivity contribution in [3.05, 3.63) is 314 Å². The van der Waals surface area contributed by atoms with Crippen LogP contribution in [0, 0.1) is 0 Å². The minimum Gasteiger partial charge on any atom is -0.310 e. The van der Waals surface area contributed by atoms with Crippen LogP contribution in [0.1, 0.15) is 11.1 Å². The molecule has 2 heterocycles. The van der Waals surface area contributed by atoms with E-state index in [1.54, 1.807) is 0 Å². The van der Waals surface area contributed by atoms with E-state index in [1.807, 2.05) is 0 Å². The second kappa shape index (κ2) is 20.0. The van der Waals surface area contributed by atoms with Gasteiger partial charge in [0.25, 0.3) is 0 Å². The Morgan fingerprint density at radius 3 is 0.833 bits per heavy atom. The Morgan fingerprint density at radius 1 is 0.231 bits per heavy atom. The fourth-order valence-corrected chi connectivity index (χ4v) is 11.5. The fraction of sp³-hybridized carbons (Fsp3) is 0. The van der Waals surface area contributed by atoms with Crippen LogP contribution in [0.3, 0.4) is 0 Å². The summed E-state index contributed by atoms with van der Waals surface area (Å²) in [6.45, 7) is 0. The molecule has 14 aromatic rings. The molecule has 0 bridgehead atoms. The van der Waals surface area contributed by atoms with Crippen molar-refractivity contribution in [1.82, 2.24) is 9.13 Å². The minimum absolute atomic E-state index is 1.07. The number of hydrogen-bond acceptors (Lipinski definition) is 2. The van der Waals surface area contributed by atoms with Crippen molar-refractivity contribution in [3.8, 4) is 33.6 Å². The van der Waals surface area contributed by atoms with Crippen molar-refractivity contribution in [2.45, 2.75) is 0 Å². The van der Waals surface area contributed by atoms with E-state index in [-0.39, 0.29) is 0 Å². The zero-order chi connectivity index (χ0) is 51.8. The summed E-state index contributed by atoms with van der Waals surface area (Å²) in [4.78, 5) is 4.76. The Kier molecular flexibility index (Phi) is 11.8. The first-order valence-electron chi connectivity index (χ1n) is 26.7. The molecule has 0 saturated carbocycles. The first-order chi connectivity index (χ1) is 38.7. The van der Waals surface area contributed by atoms with E-state index in [1.165, 1.54) is 54.7 Å². The predicted octanol–water partition coefficient (Wildman–Crippen LogP) is 20.3. The Balaban J connectivity index is 0.788. The van der Waals surface area contributed by atoms with Gasteiger partial charge in [0.1, 0.15) is 0 Å². The van der Waals surface area contributed by atoms with Gasteiger partial charge in [-0.3, -0.25) is 0 Å². The number of fused-ring (bicyclic) bond motifs is 6. The third-order valence-corrected chi connectivity index (χ3v) is 15.1. The fourth-order valence-electron chi connectivity index (χ4n) is 11.5. The second-order valence-corrected chi connectivity index (χ2v) is 19.7. The smallest absolute Gasteiger partial charge is 0.0541 e. The molecule has 0 fully saturated rings. The molecule has 78 heavy (non-hydrogen) atoms. The molecule has 0 unspecified atom stereocenters. The summed E-state index contributed by atoms with van der Waals surface area (Å²) in [6, 6.07) is 109. The average molecular weight is 997 g/mol. The summed E-state index contributed by atoms with van der Waals surface area (Å²) in [6.07, 6.45) is 4.41. The summed E-state index contributed by atoms with van der Waals surface area (Å²) in [7, 11) is 0. The molecule has 0 N–H and O–H groups in total. The number of para-hydroxylation sites is 6. The zero-order valence-corrected chi connectivity index (χ0v) is 42.8. The standard InChI is InChI=1S/C74H52N4/c1-3-19-55(20-4-1)63-23-7-13-29-69(63)75(59-45-49-61(50-46-59)77-71-31-15-9-25-65(71)66-26-10-16-32-72(66)77)57-41-37-53(38-42-57)35-36-54-39-43-58(44-40-54)76(70-30-14-8-24-64(70)56-21-5-2-6-22-56)60-47-51-62(52-48-60)78-73-33-17-11-27-67(73)68-28-12-18-34-74(68)78/h1-52H. The van der Waals surface area contributed by atoms with E-state index >= 15 is 0 Å². The highest BCUT2D eigenvalue weighted by Gasteiger charge is 2.21. The van der Waals surface area contributed by atoms with Crippen molar-refractivity contribution in [1.29, 1.82) is 0 Å². The monoisotopic (exact) mass is 996 g/mol. The van der Waals surface area contributed by atoms with Gasteiger partial charge < -0.3 is 18.9 Å². The molecule has 0 aliphatic rings. The highest BCUT2D eigenvalue weighted by atomic mass is 15.2. The molecule has 0 amide bonds. The van der Waals surface area contributed by atoms with Crippen molar-refractivity contribution >= 4 is 89.9 Å². The lowest BCUT2D eigenvalue weighted by Crippen LogP contribution is -2.11. The molecule has 0 atom stereocenters. The Morgan fingerprint density at radius 2 is 0.500 bits per heavy atom. The van der Waals surface area contributed by atoms with Gasteiger partial charge in [-0.15, -0.1) is 0 Å². The predicted molar refractivity (Wildman–Crippen MR) is 331 cm³/mol. The van der Waals surface area contributed by atoms with Crippen LogP contribution in [0.2, 0.25) is 0 Å². The van der Waals surface area contributed by atoms with E-state index < -0.39 is 0 Å². The topological polar surface area (TPSA) is 16.3 Å². The number of hydrogen-bond donors (Lipinski definition) is 0. The molecule has 0 aliphatic heterocycles. The van der Waals surface area contributed by atoms with E-state index in [0.29, 0.717) is 0 Å². The summed E-state index contributed by atoms with van der Waals surface area (Å²) in [5, 5.41) is 5.01. The normalized spacial score (nSPS) is 11.5. The largest absolute Gasteiger partial charge is 0.310 e. The lowest BCUT2D eigenvalue weighted by molar-refractivity contribution is 1.17. The third kappa shape index (κ3) is 8.39. The van der Waals surface area contributed by atoms with Gasteiger partial charge in [-0.1, -0.05) is 206 Å². The van der Waals surface area contributed by atoms with Crippen LogP contribution in [0.4, 0.5) is 34.1 Å². The number of rotatable bonds is 12.